The van der Waals surface area contributed by atoms with Gasteiger partial charge in [0, 0.05) is 12.0 Å². The van der Waals surface area contributed by atoms with Gasteiger partial charge in [-0.05, 0) is 34.1 Å². The van der Waals surface area contributed by atoms with E-state index >= 15 is 0 Å². The normalized spacial score (nSPS) is 12.9. The van der Waals surface area contributed by atoms with Crippen LogP contribution in [0.5, 0.6) is 0 Å². The maximum absolute atomic E-state index is 12.7. The Balaban J connectivity index is 1.82. The van der Waals surface area contributed by atoms with Crippen LogP contribution in [0.3, 0.4) is 0 Å². The summed E-state index contributed by atoms with van der Waals surface area (Å²) >= 11 is 0. The Bertz CT molecular complexity index is 856. The molecule has 1 unspecified atom stereocenters. The molecule has 0 aliphatic carbocycles. The lowest BCUT2D eigenvalue weighted by atomic mass is 9.74. The predicted octanol–water partition coefficient (Wildman–Crippen LogP) is 6.32. The molecule has 0 aromatic heterocycles. The van der Waals surface area contributed by atoms with E-state index in [-0.39, 0.29) is 11.2 Å². The molecule has 0 radical (unpaired) electrons. The molecule has 0 saturated heterocycles. The van der Waals surface area contributed by atoms with Crippen LogP contribution in [0, 0.1) is 11.3 Å². The van der Waals surface area contributed by atoms with Crippen LogP contribution in [0.1, 0.15) is 43.1 Å². The van der Waals surface area contributed by atoms with Gasteiger partial charge in [-0.1, -0.05) is 93.6 Å². The van der Waals surface area contributed by atoms with E-state index in [2.05, 4.69) is 63.2 Å². The van der Waals surface area contributed by atoms with Gasteiger partial charge in [0.05, 0.1) is 0 Å². The van der Waals surface area contributed by atoms with E-state index in [1.807, 2.05) is 30.3 Å². The Kier molecular flexibility index (Phi) is 5.03. The molecule has 3 aromatic carbocycles. The molecule has 0 bridgehead atoms. The first-order valence-electron chi connectivity index (χ1n) is 8.99. The van der Waals surface area contributed by atoms with Crippen LogP contribution in [-0.4, -0.2) is 5.78 Å². The summed E-state index contributed by atoms with van der Waals surface area (Å²) in [6, 6.07) is 24.7. The number of benzene rings is 3. The second-order valence-electron chi connectivity index (χ2n) is 7.94. The van der Waals surface area contributed by atoms with Crippen LogP contribution < -0.4 is 0 Å². The first-order chi connectivity index (χ1) is 11.9. The highest BCUT2D eigenvalue weighted by Gasteiger charge is 2.27. The summed E-state index contributed by atoms with van der Waals surface area (Å²) in [4.78, 5) is 12.7. The molecule has 0 N–H and O–H groups in total. The predicted molar refractivity (Wildman–Crippen MR) is 106 cm³/mol. The smallest absolute Gasteiger partial charge is 0.163 e. The van der Waals surface area contributed by atoms with Crippen molar-refractivity contribution >= 4 is 16.6 Å². The number of ketones is 1. The van der Waals surface area contributed by atoms with Crippen molar-refractivity contribution in [2.24, 2.45) is 11.3 Å². The molecular weight excluding hydrogens is 304 g/mol. The molecule has 128 valence electrons. The fraction of sp³-hybridized carbons (Fsp3) is 0.292. The number of fused-ring (bicyclic) bond motifs is 1. The summed E-state index contributed by atoms with van der Waals surface area (Å²) in [5.41, 5.74) is 2.20. The highest BCUT2D eigenvalue weighted by atomic mass is 16.1. The van der Waals surface area contributed by atoms with Gasteiger partial charge in [0.2, 0.25) is 0 Å². The highest BCUT2D eigenvalue weighted by molar-refractivity contribution is 5.96. The first kappa shape index (κ1) is 17.4. The Labute approximate surface area is 150 Å². The molecule has 1 atom stereocenters. The number of hydrogen-bond acceptors (Lipinski definition) is 1. The van der Waals surface area contributed by atoms with Gasteiger partial charge in [-0.25, -0.2) is 0 Å². The van der Waals surface area contributed by atoms with Crippen LogP contribution in [0.15, 0.2) is 72.8 Å². The van der Waals surface area contributed by atoms with Gasteiger partial charge in [-0.15, -0.1) is 0 Å². The maximum atomic E-state index is 12.7. The van der Waals surface area contributed by atoms with Crippen molar-refractivity contribution in [3.8, 4) is 0 Å². The largest absolute Gasteiger partial charge is 0.294 e. The Morgan fingerprint density at radius 1 is 0.840 bits per heavy atom. The summed E-state index contributed by atoms with van der Waals surface area (Å²) in [5, 5.41) is 2.53. The lowest BCUT2D eigenvalue weighted by molar-refractivity contribution is 0.0915. The van der Waals surface area contributed by atoms with Gasteiger partial charge in [-0.2, -0.15) is 0 Å². The minimum absolute atomic E-state index is 0.0794. The number of Topliss-reactive ketones (excluding diaryl/α,β-unsaturated/α-hetero) is 1. The fourth-order valence-electron chi connectivity index (χ4n) is 3.30. The fourth-order valence-corrected chi connectivity index (χ4v) is 3.30. The molecular formula is C24H26O. The van der Waals surface area contributed by atoms with Crippen LogP contribution >= 0.6 is 0 Å². The molecule has 25 heavy (non-hydrogen) atoms. The Morgan fingerprint density at radius 3 is 2.16 bits per heavy atom. The third kappa shape index (κ3) is 4.36. The summed E-state index contributed by atoms with van der Waals surface area (Å²) in [6.07, 6.45) is 1.51. The topological polar surface area (TPSA) is 17.1 Å². The zero-order chi connectivity index (χ0) is 17.9. The molecule has 0 fully saturated rings. The molecule has 1 heteroatoms. The quantitative estimate of drug-likeness (QED) is 0.500. The van der Waals surface area contributed by atoms with E-state index in [9.17, 15) is 4.79 Å². The number of carbonyl (C=O) groups is 1. The van der Waals surface area contributed by atoms with E-state index in [0.29, 0.717) is 12.3 Å². The van der Waals surface area contributed by atoms with Gasteiger partial charge in [0.15, 0.2) is 5.78 Å². The van der Waals surface area contributed by atoms with Crippen molar-refractivity contribution in [2.75, 3.05) is 0 Å². The third-order valence-electron chi connectivity index (χ3n) is 5.05. The second kappa shape index (κ2) is 7.23. The van der Waals surface area contributed by atoms with Crippen LogP contribution in [0.2, 0.25) is 0 Å². The second-order valence-corrected chi connectivity index (χ2v) is 7.94. The SMILES string of the molecule is CC(C)(C)C(CC(=O)c1ccccc1)Cc1ccc2ccccc2c1. The summed E-state index contributed by atoms with van der Waals surface area (Å²) in [7, 11) is 0. The summed E-state index contributed by atoms with van der Waals surface area (Å²) in [5.74, 6) is 0.544. The van der Waals surface area contributed by atoms with Crippen LogP contribution in [-0.2, 0) is 6.42 Å². The van der Waals surface area contributed by atoms with Gasteiger partial charge in [-0.3, -0.25) is 4.79 Å². The van der Waals surface area contributed by atoms with Crippen molar-refractivity contribution in [3.63, 3.8) is 0 Å². The third-order valence-corrected chi connectivity index (χ3v) is 5.05. The Hall–Kier alpha value is -2.41. The minimum atomic E-state index is 0.0794. The average Bonchev–Trinajstić information content (AvgIpc) is 2.61. The highest BCUT2D eigenvalue weighted by Crippen LogP contribution is 2.33. The van der Waals surface area contributed by atoms with Crippen LogP contribution in [0.4, 0.5) is 0 Å². The van der Waals surface area contributed by atoms with Crippen molar-refractivity contribution in [1.82, 2.24) is 0 Å². The molecule has 0 aliphatic rings. The molecule has 3 aromatic rings. The average molecular weight is 330 g/mol. The minimum Gasteiger partial charge on any atom is -0.294 e. The van der Waals surface area contributed by atoms with Crippen molar-refractivity contribution < 1.29 is 4.79 Å². The zero-order valence-electron chi connectivity index (χ0n) is 15.3. The van der Waals surface area contributed by atoms with E-state index in [1.165, 1.54) is 16.3 Å². The molecule has 0 aliphatic heterocycles. The van der Waals surface area contributed by atoms with Crippen molar-refractivity contribution in [3.05, 3.63) is 83.9 Å². The van der Waals surface area contributed by atoms with Crippen molar-refractivity contribution in [2.45, 2.75) is 33.6 Å². The van der Waals surface area contributed by atoms with Gasteiger partial charge in [0.25, 0.3) is 0 Å². The van der Waals surface area contributed by atoms with E-state index in [1.54, 1.807) is 0 Å². The lowest BCUT2D eigenvalue weighted by Gasteiger charge is -2.30. The van der Waals surface area contributed by atoms with Gasteiger partial charge < -0.3 is 0 Å². The van der Waals surface area contributed by atoms with Gasteiger partial charge in [0.1, 0.15) is 0 Å². The van der Waals surface area contributed by atoms with Crippen LogP contribution in [0.25, 0.3) is 10.8 Å². The lowest BCUT2D eigenvalue weighted by Crippen LogP contribution is -2.25. The van der Waals surface area contributed by atoms with E-state index < -0.39 is 0 Å². The number of rotatable bonds is 5. The standard InChI is InChI=1S/C24H26O/c1-24(2,3)22(17-23(25)20-10-5-4-6-11-20)16-18-13-14-19-9-7-8-12-21(19)15-18/h4-15,22H,16-17H2,1-3H3. The first-order valence-corrected chi connectivity index (χ1v) is 8.99. The monoisotopic (exact) mass is 330 g/mol. The Morgan fingerprint density at radius 2 is 1.48 bits per heavy atom. The van der Waals surface area contributed by atoms with Crippen molar-refractivity contribution in [1.29, 1.82) is 0 Å². The zero-order valence-corrected chi connectivity index (χ0v) is 15.3. The van der Waals surface area contributed by atoms with Gasteiger partial charge >= 0.3 is 0 Å². The summed E-state index contributed by atoms with van der Waals surface area (Å²) in [6.45, 7) is 6.70. The van der Waals surface area contributed by atoms with E-state index in [4.69, 9.17) is 0 Å². The molecule has 0 spiro atoms. The molecule has 0 amide bonds. The molecule has 3 rings (SSSR count). The molecule has 1 nitrogen and oxygen atoms in total. The molecule has 0 heterocycles. The summed E-state index contributed by atoms with van der Waals surface area (Å²) < 4.78 is 0. The molecule has 0 saturated carbocycles. The maximum Gasteiger partial charge on any atom is 0.163 e. The number of hydrogen-bond donors (Lipinski definition) is 0. The van der Waals surface area contributed by atoms with E-state index in [0.717, 1.165) is 12.0 Å². The number of carbonyl (C=O) groups excluding carboxylic acids is 1.